The fourth-order valence-corrected chi connectivity index (χ4v) is 7.34. The molecule has 96 valence electrons. The van der Waals surface area contributed by atoms with Gasteiger partial charge in [0.2, 0.25) is 0 Å². The number of hydrogen-bond donors (Lipinski definition) is 0. The molecule has 0 nitrogen and oxygen atoms in total. The first-order valence-corrected chi connectivity index (χ1v) is 12.0. The van der Waals surface area contributed by atoms with E-state index in [9.17, 15) is 0 Å². The van der Waals surface area contributed by atoms with Crippen molar-refractivity contribution < 1.29 is 21.8 Å². The molecule has 1 aromatic carbocycles. The Morgan fingerprint density at radius 1 is 0.789 bits per heavy atom. The van der Waals surface area contributed by atoms with Gasteiger partial charge in [0.15, 0.2) is 0 Å². The molecular formula is C18H20Zr. The van der Waals surface area contributed by atoms with Crippen molar-refractivity contribution in [2.75, 3.05) is 0 Å². The summed E-state index contributed by atoms with van der Waals surface area (Å²) in [5.41, 5.74) is 1.07. The molecule has 0 saturated heterocycles. The summed E-state index contributed by atoms with van der Waals surface area (Å²) in [7, 11) is 0. The zero-order valence-corrected chi connectivity index (χ0v) is 13.8. The van der Waals surface area contributed by atoms with E-state index < -0.39 is 21.8 Å². The van der Waals surface area contributed by atoms with Crippen molar-refractivity contribution in [3.63, 3.8) is 0 Å². The average Bonchev–Trinajstić information content (AvgIpc) is 3.13. The number of rotatable bonds is 2. The van der Waals surface area contributed by atoms with Crippen LogP contribution in [-0.2, 0) is 21.8 Å². The number of allylic oxidation sites excluding steroid dienone is 8. The first-order chi connectivity index (χ1) is 9.27. The van der Waals surface area contributed by atoms with Gasteiger partial charge in [0.05, 0.1) is 0 Å². The third kappa shape index (κ3) is 4.58. The molecule has 19 heavy (non-hydrogen) atoms. The summed E-state index contributed by atoms with van der Waals surface area (Å²) < 4.78 is 4.19. The minimum absolute atomic E-state index is 0.838. The molecule has 0 aromatic heterocycles. The van der Waals surface area contributed by atoms with Crippen LogP contribution in [0.25, 0.3) is 0 Å². The van der Waals surface area contributed by atoms with Crippen LogP contribution in [0.2, 0.25) is 11.9 Å². The normalized spacial score (nSPS) is 16.7. The molecule has 0 spiro atoms. The van der Waals surface area contributed by atoms with E-state index in [4.69, 9.17) is 0 Å². The maximum atomic E-state index is 3.72. The standard InChI is InChI=1S/C7H7.2C5H5.CH3.Zr/c1-7-5-3-2-4-6-7;2*1-2-4-5-3-1;;/h2-6H,1H2;2*1-5H;1H3;. The third-order valence-electron chi connectivity index (χ3n) is 3.39. The first-order valence-electron chi connectivity index (χ1n) is 6.67. The zero-order chi connectivity index (χ0) is 13.5. The molecule has 3 rings (SSSR count). The summed E-state index contributed by atoms with van der Waals surface area (Å²) in [5.74, 6) is 0. The van der Waals surface area contributed by atoms with Crippen molar-refractivity contribution in [1.29, 1.82) is 0 Å². The van der Waals surface area contributed by atoms with E-state index in [-0.39, 0.29) is 0 Å². The number of hydrogen-bond acceptors (Lipinski definition) is 0. The van der Waals surface area contributed by atoms with Crippen molar-refractivity contribution in [2.45, 2.75) is 11.9 Å². The predicted molar refractivity (Wildman–Crippen MR) is 80.8 cm³/mol. The molecule has 0 fully saturated rings. The van der Waals surface area contributed by atoms with Crippen LogP contribution in [0.15, 0.2) is 78.9 Å². The Bertz CT molecular complexity index is 442. The summed E-state index contributed by atoms with van der Waals surface area (Å²) in [6, 6.07) is 9.87. The van der Waals surface area contributed by atoms with Crippen LogP contribution in [-0.4, -0.2) is 0 Å². The van der Waals surface area contributed by atoms with E-state index in [2.05, 4.69) is 60.2 Å². The summed E-state index contributed by atoms with van der Waals surface area (Å²) in [4.78, 5) is 0. The van der Waals surface area contributed by atoms with Crippen molar-refractivity contribution in [3.05, 3.63) is 91.4 Å². The monoisotopic (exact) mass is 326 g/mol. The second-order valence-corrected chi connectivity index (χ2v) is 11.8. The molecule has 0 heterocycles. The van der Waals surface area contributed by atoms with Crippen LogP contribution >= 0.6 is 0 Å². The Hall–Kier alpha value is -0.937. The van der Waals surface area contributed by atoms with Crippen molar-refractivity contribution in [2.24, 2.45) is 0 Å². The Labute approximate surface area is 124 Å². The van der Waals surface area contributed by atoms with Gasteiger partial charge in [-0.05, 0) is 12.5 Å². The Morgan fingerprint density at radius 2 is 1.21 bits per heavy atom. The van der Waals surface area contributed by atoms with Gasteiger partial charge in [0, 0.05) is 0 Å². The number of benzene rings is 1. The van der Waals surface area contributed by atoms with Crippen molar-refractivity contribution in [3.8, 4) is 0 Å². The maximum absolute atomic E-state index is 3.72. The molecule has 0 saturated carbocycles. The average molecular weight is 328 g/mol. The second-order valence-electron chi connectivity index (χ2n) is 4.82. The van der Waals surface area contributed by atoms with Crippen LogP contribution in [0, 0.1) is 6.92 Å². The summed E-state index contributed by atoms with van der Waals surface area (Å²) >= 11 is -1.22. The fraction of sp³-hybridized carbons (Fsp3) is 0.167. The summed E-state index contributed by atoms with van der Waals surface area (Å²) in [5, 5.41) is 0. The molecule has 0 unspecified atom stereocenters. The zero-order valence-electron chi connectivity index (χ0n) is 11.4. The molecule has 2 aliphatic carbocycles. The molecule has 0 amide bonds. The van der Waals surface area contributed by atoms with Gasteiger partial charge in [-0.25, -0.2) is 0 Å². The quantitative estimate of drug-likeness (QED) is 0.687. The van der Waals surface area contributed by atoms with Gasteiger partial charge >= 0.3 is 82.2 Å². The minimum atomic E-state index is -1.22. The van der Waals surface area contributed by atoms with E-state index >= 15 is 0 Å². The van der Waals surface area contributed by atoms with E-state index in [1.54, 1.807) is 0 Å². The van der Waals surface area contributed by atoms with Gasteiger partial charge in [-0.3, -0.25) is 0 Å². The van der Waals surface area contributed by atoms with Gasteiger partial charge in [-0.15, -0.1) is 0 Å². The molecule has 2 aliphatic rings. The van der Waals surface area contributed by atoms with Gasteiger partial charge in [0.1, 0.15) is 0 Å². The van der Waals surface area contributed by atoms with Crippen LogP contribution in [0.4, 0.5) is 0 Å². The van der Waals surface area contributed by atoms with Crippen molar-refractivity contribution in [1.82, 2.24) is 0 Å². The van der Waals surface area contributed by atoms with Crippen LogP contribution in [0.1, 0.15) is 5.56 Å². The van der Waals surface area contributed by atoms with E-state index in [0.29, 0.717) is 0 Å². The van der Waals surface area contributed by atoms with Crippen LogP contribution in [0.5, 0.6) is 0 Å². The molecule has 1 heteroatoms. The van der Waals surface area contributed by atoms with Gasteiger partial charge < -0.3 is 0 Å². The van der Waals surface area contributed by atoms with Crippen molar-refractivity contribution >= 4 is 0 Å². The molecular weight excluding hydrogens is 307 g/mol. The van der Waals surface area contributed by atoms with E-state index in [1.165, 1.54) is 0 Å². The van der Waals surface area contributed by atoms with Gasteiger partial charge in [-0.2, -0.15) is 0 Å². The summed E-state index contributed by atoms with van der Waals surface area (Å²) in [6.45, 7) is 3.72. The van der Waals surface area contributed by atoms with E-state index in [1.807, 2.05) is 30.3 Å². The Morgan fingerprint density at radius 3 is 1.53 bits per heavy atom. The van der Waals surface area contributed by atoms with E-state index in [0.717, 1.165) is 12.8 Å². The molecule has 0 bridgehead atoms. The predicted octanol–water partition coefficient (Wildman–Crippen LogP) is 5.35. The molecule has 0 N–H and O–H groups in total. The molecule has 1 aromatic rings. The Balaban J connectivity index is 0.000000163. The van der Waals surface area contributed by atoms with Gasteiger partial charge in [-0.1, -0.05) is 30.3 Å². The SMILES string of the molecule is [CH2]c1ccccc1.[CH3][Zr]([CH]1C=CC=C1)[CH]1C=CC=C1. The van der Waals surface area contributed by atoms with Gasteiger partial charge in [0.25, 0.3) is 0 Å². The third-order valence-corrected chi connectivity index (χ3v) is 10.5. The molecule has 0 aliphatic heterocycles. The summed E-state index contributed by atoms with van der Waals surface area (Å²) in [6.07, 6.45) is 18.2. The van der Waals surface area contributed by atoms with Crippen LogP contribution in [0.3, 0.4) is 0 Å². The fourth-order valence-electron chi connectivity index (χ4n) is 2.17. The first kappa shape index (κ1) is 14.5. The second kappa shape index (κ2) is 7.60. The topological polar surface area (TPSA) is 0 Å². The van der Waals surface area contributed by atoms with Crippen LogP contribution < -0.4 is 0 Å². The Kier molecular flexibility index (Phi) is 5.79. The molecule has 1 radical (unpaired) electrons. The molecule has 0 atom stereocenters.